The Morgan fingerprint density at radius 1 is 1.05 bits per heavy atom. The van der Waals surface area contributed by atoms with E-state index in [4.69, 9.17) is 4.74 Å². The van der Waals surface area contributed by atoms with Gasteiger partial charge in [-0.05, 0) is 81.5 Å². The van der Waals surface area contributed by atoms with Gasteiger partial charge >= 0.3 is 0 Å². The minimum atomic E-state index is -0.870. The van der Waals surface area contributed by atoms with Crippen LogP contribution < -0.4 is 4.74 Å². The van der Waals surface area contributed by atoms with Crippen LogP contribution in [0.15, 0.2) is 78.4 Å². The molecule has 39 heavy (non-hydrogen) atoms. The molecular formula is C30H31N3O6. The largest absolute Gasteiger partial charge is 0.507 e. The lowest BCUT2D eigenvalue weighted by atomic mass is 9.95. The minimum absolute atomic E-state index is 0.0489. The van der Waals surface area contributed by atoms with Gasteiger partial charge in [-0.15, -0.1) is 0 Å². The summed E-state index contributed by atoms with van der Waals surface area (Å²) < 4.78 is 5.86. The third-order valence-corrected chi connectivity index (χ3v) is 6.58. The summed E-state index contributed by atoms with van der Waals surface area (Å²) in [7, 11) is 3.83. The Balaban J connectivity index is 1.64. The van der Waals surface area contributed by atoms with Gasteiger partial charge in [0.05, 0.1) is 16.5 Å². The molecular weight excluding hydrogens is 498 g/mol. The van der Waals surface area contributed by atoms with E-state index in [0.29, 0.717) is 36.4 Å². The van der Waals surface area contributed by atoms with Crippen LogP contribution in [0.3, 0.4) is 0 Å². The number of aliphatic hydroxyl groups excluding tert-OH is 1. The van der Waals surface area contributed by atoms with Gasteiger partial charge in [0.15, 0.2) is 0 Å². The molecule has 9 heteroatoms. The second-order valence-electron chi connectivity index (χ2n) is 9.80. The van der Waals surface area contributed by atoms with Crippen LogP contribution >= 0.6 is 0 Å². The number of ether oxygens (including phenoxy) is 1. The maximum atomic E-state index is 13.2. The molecule has 3 aromatic carbocycles. The molecule has 0 aliphatic carbocycles. The van der Waals surface area contributed by atoms with Gasteiger partial charge in [-0.1, -0.05) is 29.8 Å². The van der Waals surface area contributed by atoms with E-state index in [1.54, 1.807) is 24.3 Å². The van der Waals surface area contributed by atoms with Crippen LogP contribution in [-0.2, 0) is 16.2 Å². The monoisotopic (exact) mass is 529 g/mol. The van der Waals surface area contributed by atoms with Gasteiger partial charge in [0, 0.05) is 24.2 Å². The number of hydrogen-bond acceptors (Lipinski definition) is 7. The van der Waals surface area contributed by atoms with Crippen LogP contribution in [0.5, 0.6) is 5.75 Å². The third-order valence-electron chi connectivity index (χ3n) is 6.58. The van der Waals surface area contributed by atoms with E-state index in [2.05, 4.69) is 0 Å². The Labute approximate surface area is 227 Å². The topological polar surface area (TPSA) is 113 Å². The number of amides is 1. The zero-order valence-corrected chi connectivity index (χ0v) is 22.2. The van der Waals surface area contributed by atoms with Crippen molar-refractivity contribution in [1.82, 2.24) is 9.80 Å². The molecule has 1 aliphatic rings. The summed E-state index contributed by atoms with van der Waals surface area (Å²) in [5.74, 6) is -1.22. The van der Waals surface area contributed by atoms with E-state index in [-0.39, 0.29) is 23.6 Å². The molecule has 1 aliphatic heterocycles. The number of nitro benzene ring substituents is 1. The van der Waals surface area contributed by atoms with Crippen molar-refractivity contribution in [3.05, 3.63) is 111 Å². The van der Waals surface area contributed by atoms with Gasteiger partial charge in [0.25, 0.3) is 17.4 Å². The zero-order valence-electron chi connectivity index (χ0n) is 22.2. The van der Waals surface area contributed by atoms with Crippen LogP contribution in [0.2, 0.25) is 0 Å². The Kier molecular flexibility index (Phi) is 8.41. The number of ketones is 1. The molecule has 1 fully saturated rings. The summed E-state index contributed by atoms with van der Waals surface area (Å²) in [5, 5.41) is 22.4. The number of rotatable bonds is 10. The molecule has 1 N–H and O–H groups in total. The second kappa shape index (κ2) is 11.9. The molecule has 3 aromatic rings. The first-order valence-corrected chi connectivity index (χ1v) is 12.6. The third kappa shape index (κ3) is 6.32. The number of carbonyl (C=O) groups excluding carboxylic acids is 2. The number of hydrogen-bond donors (Lipinski definition) is 1. The van der Waals surface area contributed by atoms with Gasteiger partial charge in [0.2, 0.25) is 0 Å². The van der Waals surface area contributed by atoms with Crippen molar-refractivity contribution in [2.45, 2.75) is 26.0 Å². The number of likely N-dealkylation sites (tertiary alicyclic amines) is 1. The fraction of sp³-hybridized carbons (Fsp3) is 0.267. The molecule has 1 heterocycles. The molecule has 1 saturated heterocycles. The lowest BCUT2D eigenvalue weighted by Gasteiger charge is -2.26. The van der Waals surface area contributed by atoms with Crippen molar-refractivity contribution in [3.8, 4) is 5.75 Å². The quantitative estimate of drug-likeness (QED) is 0.131. The van der Waals surface area contributed by atoms with Crippen molar-refractivity contribution in [2.24, 2.45) is 0 Å². The first-order valence-electron chi connectivity index (χ1n) is 12.6. The summed E-state index contributed by atoms with van der Waals surface area (Å²) in [6, 6.07) is 19.5. The predicted octanol–water partition coefficient (Wildman–Crippen LogP) is 4.86. The van der Waals surface area contributed by atoms with Gasteiger partial charge in [0.1, 0.15) is 18.1 Å². The lowest BCUT2D eigenvalue weighted by Crippen LogP contribution is -2.32. The highest BCUT2D eigenvalue weighted by atomic mass is 16.6. The average Bonchev–Trinajstić information content (AvgIpc) is 3.17. The van der Waals surface area contributed by atoms with E-state index in [1.807, 2.05) is 50.2 Å². The predicted molar refractivity (Wildman–Crippen MR) is 147 cm³/mol. The molecule has 4 rings (SSSR count). The van der Waals surface area contributed by atoms with Crippen LogP contribution in [0.1, 0.15) is 34.7 Å². The summed E-state index contributed by atoms with van der Waals surface area (Å²) in [4.78, 5) is 40.3. The van der Waals surface area contributed by atoms with Crippen molar-refractivity contribution in [3.63, 3.8) is 0 Å². The van der Waals surface area contributed by atoms with Crippen molar-refractivity contribution in [2.75, 3.05) is 27.2 Å². The Hall–Kier alpha value is -4.50. The minimum Gasteiger partial charge on any atom is -0.507 e. The highest BCUT2D eigenvalue weighted by Crippen LogP contribution is 2.40. The lowest BCUT2D eigenvalue weighted by molar-refractivity contribution is -0.384. The van der Waals surface area contributed by atoms with E-state index in [0.717, 1.165) is 11.1 Å². The molecule has 9 nitrogen and oxygen atoms in total. The molecule has 0 spiro atoms. The van der Waals surface area contributed by atoms with E-state index in [1.165, 1.54) is 29.2 Å². The SMILES string of the molecule is Cc1cccc(COc2ccc(/C(O)=C3\C(=O)C(=O)N(CCCN(C)C)[C@H]3c3ccc([N+](=O)[O-])cc3)cc2)c1. The highest BCUT2D eigenvalue weighted by Gasteiger charge is 2.45. The zero-order chi connectivity index (χ0) is 28.1. The normalized spacial score (nSPS) is 16.6. The first kappa shape index (κ1) is 27.5. The molecule has 1 amide bonds. The van der Waals surface area contributed by atoms with Crippen LogP contribution in [-0.4, -0.2) is 58.7 Å². The summed E-state index contributed by atoms with van der Waals surface area (Å²) >= 11 is 0. The van der Waals surface area contributed by atoms with Gasteiger partial charge in [-0.25, -0.2) is 0 Å². The first-order chi connectivity index (χ1) is 18.7. The fourth-order valence-electron chi connectivity index (χ4n) is 4.63. The Morgan fingerprint density at radius 3 is 2.36 bits per heavy atom. The smallest absolute Gasteiger partial charge is 0.295 e. The Bertz CT molecular complexity index is 1400. The van der Waals surface area contributed by atoms with Gasteiger partial charge in [-0.3, -0.25) is 19.7 Å². The molecule has 202 valence electrons. The number of carbonyl (C=O) groups is 2. The number of nitrogens with zero attached hydrogens (tertiary/aromatic N) is 3. The van der Waals surface area contributed by atoms with Crippen LogP contribution in [0, 0.1) is 17.0 Å². The summed E-state index contributed by atoms with van der Waals surface area (Å²) in [6.07, 6.45) is 0.608. The molecule has 0 saturated carbocycles. The molecule has 0 aromatic heterocycles. The number of benzene rings is 3. The Morgan fingerprint density at radius 2 is 1.74 bits per heavy atom. The van der Waals surface area contributed by atoms with Gasteiger partial charge in [-0.2, -0.15) is 0 Å². The summed E-state index contributed by atoms with van der Waals surface area (Å²) in [5.41, 5.74) is 2.87. The maximum Gasteiger partial charge on any atom is 0.295 e. The number of aliphatic hydroxyl groups is 1. The van der Waals surface area contributed by atoms with Crippen LogP contribution in [0.25, 0.3) is 5.76 Å². The van der Waals surface area contributed by atoms with Gasteiger partial charge < -0.3 is 19.6 Å². The van der Waals surface area contributed by atoms with E-state index >= 15 is 0 Å². The maximum absolute atomic E-state index is 13.2. The highest BCUT2D eigenvalue weighted by molar-refractivity contribution is 6.46. The molecule has 0 unspecified atom stereocenters. The number of non-ortho nitro benzene ring substituents is 1. The van der Waals surface area contributed by atoms with Crippen molar-refractivity contribution >= 4 is 23.1 Å². The standard InChI is InChI=1S/C30H31N3O6/c1-20-6-4-7-21(18-20)19-39-25-14-10-23(11-15-25)28(34)26-27(22-8-12-24(13-9-22)33(37)38)32(30(36)29(26)35)17-5-16-31(2)3/h4,6-15,18,27,34H,5,16-17,19H2,1-3H3/b28-26+/t27-/m0/s1. The molecule has 1 atom stereocenters. The van der Waals surface area contributed by atoms with E-state index in [9.17, 15) is 24.8 Å². The second-order valence-corrected chi connectivity index (χ2v) is 9.80. The average molecular weight is 530 g/mol. The van der Waals surface area contributed by atoms with E-state index < -0.39 is 22.7 Å². The number of Topliss-reactive ketones (excluding diaryl/α,β-unsaturated/α-hetero) is 1. The number of nitro groups is 1. The van der Waals surface area contributed by atoms with Crippen molar-refractivity contribution < 1.29 is 24.4 Å². The fourth-order valence-corrected chi connectivity index (χ4v) is 4.63. The number of aryl methyl sites for hydroxylation is 1. The molecule has 0 bridgehead atoms. The van der Waals surface area contributed by atoms with Crippen molar-refractivity contribution in [1.29, 1.82) is 0 Å². The molecule has 0 radical (unpaired) electrons. The van der Waals surface area contributed by atoms with Crippen LogP contribution in [0.4, 0.5) is 5.69 Å². The summed E-state index contributed by atoms with van der Waals surface area (Å²) in [6.45, 7) is 3.37.